The predicted molar refractivity (Wildman–Crippen MR) is 66.9 cm³/mol. The number of hydrogen-bond donors (Lipinski definition) is 1. The van der Waals surface area contributed by atoms with Gasteiger partial charge in [-0.3, -0.25) is 4.79 Å². The average molecular weight is 264 g/mol. The maximum absolute atomic E-state index is 11.0. The second-order valence-electron chi connectivity index (χ2n) is 4.75. The molecular weight excluding hydrogens is 240 g/mol. The summed E-state index contributed by atoms with van der Waals surface area (Å²) in [6, 6.07) is -0.207. The van der Waals surface area contributed by atoms with Crippen molar-refractivity contribution < 1.29 is 23.2 Å². The minimum atomic E-state index is -3.15. The Bertz CT molecular complexity index is 213. The van der Waals surface area contributed by atoms with Gasteiger partial charge >= 0.3 is 14.8 Å². The van der Waals surface area contributed by atoms with Crippen LogP contribution >= 0.6 is 0 Å². The number of aliphatic carboxylic acids is 1. The van der Waals surface area contributed by atoms with E-state index >= 15 is 0 Å². The zero-order valence-electron chi connectivity index (χ0n) is 11.5. The van der Waals surface area contributed by atoms with Crippen LogP contribution < -0.4 is 0 Å². The highest BCUT2D eigenvalue weighted by molar-refractivity contribution is 6.64. The summed E-state index contributed by atoms with van der Waals surface area (Å²) in [5, 5.41) is 8.98. The van der Waals surface area contributed by atoms with Gasteiger partial charge in [-0.15, -0.1) is 0 Å². The minimum Gasteiger partial charge on any atom is -0.481 e. The van der Waals surface area contributed by atoms with Crippen molar-refractivity contribution in [3.8, 4) is 0 Å². The van der Waals surface area contributed by atoms with Crippen molar-refractivity contribution in [2.75, 3.05) is 0 Å². The van der Waals surface area contributed by atoms with E-state index in [-0.39, 0.29) is 24.4 Å². The lowest BCUT2D eigenvalue weighted by Gasteiger charge is -2.33. The van der Waals surface area contributed by atoms with E-state index in [4.69, 9.17) is 18.4 Å². The first-order valence-electron chi connectivity index (χ1n) is 5.92. The Kier molecular flexibility index (Phi) is 6.92. The van der Waals surface area contributed by atoms with E-state index in [1.807, 2.05) is 41.5 Å². The van der Waals surface area contributed by atoms with Crippen LogP contribution in [0.1, 0.15) is 41.5 Å². The van der Waals surface area contributed by atoms with Crippen LogP contribution in [0.2, 0.25) is 6.04 Å². The lowest BCUT2D eigenvalue weighted by atomic mass is 10.5. The van der Waals surface area contributed by atoms with Gasteiger partial charge in [0.05, 0.1) is 0 Å². The third-order valence-electron chi connectivity index (χ3n) is 1.61. The summed E-state index contributed by atoms with van der Waals surface area (Å²) >= 11 is 0. The maximum atomic E-state index is 11.0. The average Bonchev–Trinajstić information content (AvgIpc) is 1.95. The molecule has 0 saturated heterocycles. The number of hydrogen-bond acceptors (Lipinski definition) is 4. The Hall–Kier alpha value is -0.433. The van der Waals surface area contributed by atoms with Crippen LogP contribution in [-0.2, 0) is 18.1 Å². The third kappa shape index (κ3) is 7.48. The molecular formula is C11H24O5Si. The molecule has 102 valence electrons. The SMILES string of the molecule is CC(C)O[Si](CC(=O)O)(OC(C)C)OC(C)C. The Morgan fingerprint density at radius 3 is 1.41 bits per heavy atom. The molecule has 0 radical (unpaired) electrons. The van der Waals surface area contributed by atoms with Crippen LogP contribution in [-0.4, -0.2) is 38.2 Å². The Labute approximate surface area is 104 Å². The number of carboxylic acid groups (broad SMARTS) is 1. The lowest BCUT2D eigenvalue weighted by Crippen LogP contribution is -2.52. The van der Waals surface area contributed by atoms with Gasteiger partial charge in [0.25, 0.3) is 0 Å². The highest BCUT2D eigenvalue weighted by Gasteiger charge is 2.46. The first kappa shape index (κ1) is 16.6. The zero-order chi connectivity index (χ0) is 13.6. The quantitative estimate of drug-likeness (QED) is 0.681. The summed E-state index contributed by atoms with van der Waals surface area (Å²) in [6.45, 7) is 11.1. The monoisotopic (exact) mass is 264 g/mol. The van der Waals surface area contributed by atoms with Gasteiger partial charge in [0.2, 0.25) is 0 Å². The normalized spacial score (nSPS) is 12.8. The molecule has 0 aromatic heterocycles. The predicted octanol–water partition coefficient (Wildman–Crippen LogP) is 2.28. The largest absolute Gasteiger partial charge is 0.513 e. The molecule has 5 nitrogen and oxygen atoms in total. The van der Waals surface area contributed by atoms with Gasteiger partial charge < -0.3 is 18.4 Å². The molecule has 0 aromatic carbocycles. The van der Waals surface area contributed by atoms with E-state index in [1.165, 1.54) is 0 Å². The molecule has 0 aliphatic heterocycles. The van der Waals surface area contributed by atoms with Crippen molar-refractivity contribution in [3.05, 3.63) is 0 Å². The van der Waals surface area contributed by atoms with Gasteiger partial charge in [-0.25, -0.2) is 0 Å². The fourth-order valence-electron chi connectivity index (χ4n) is 1.47. The summed E-state index contributed by atoms with van der Waals surface area (Å²) < 4.78 is 17.1. The molecule has 0 bridgehead atoms. The molecule has 1 N–H and O–H groups in total. The zero-order valence-corrected chi connectivity index (χ0v) is 12.5. The Morgan fingerprint density at radius 2 is 1.24 bits per heavy atom. The number of carbonyl (C=O) groups is 1. The molecule has 0 amide bonds. The van der Waals surface area contributed by atoms with Gasteiger partial charge in [-0.05, 0) is 41.5 Å². The highest BCUT2D eigenvalue weighted by atomic mass is 28.4. The molecule has 0 aliphatic rings. The van der Waals surface area contributed by atoms with E-state index in [0.717, 1.165) is 0 Å². The molecule has 0 aromatic rings. The minimum absolute atomic E-state index is 0.126. The van der Waals surface area contributed by atoms with Gasteiger partial charge in [-0.2, -0.15) is 0 Å². The summed E-state index contributed by atoms with van der Waals surface area (Å²) in [4.78, 5) is 11.0. The van der Waals surface area contributed by atoms with E-state index in [9.17, 15) is 4.79 Å². The van der Waals surface area contributed by atoms with E-state index in [2.05, 4.69) is 0 Å². The summed E-state index contributed by atoms with van der Waals surface area (Å²) in [5.74, 6) is -0.960. The highest BCUT2D eigenvalue weighted by Crippen LogP contribution is 2.21. The molecule has 0 heterocycles. The van der Waals surface area contributed by atoms with Crippen molar-refractivity contribution in [1.29, 1.82) is 0 Å². The second-order valence-corrected chi connectivity index (χ2v) is 7.18. The summed E-state index contributed by atoms with van der Waals surface area (Å²) in [6.07, 6.45) is -0.379. The van der Waals surface area contributed by atoms with Crippen LogP contribution in [0.25, 0.3) is 0 Å². The second kappa shape index (κ2) is 7.10. The number of rotatable bonds is 8. The van der Waals surface area contributed by atoms with E-state index < -0.39 is 14.8 Å². The van der Waals surface area contributed by atoms with E-state index in [1.54, 1.807) is 0 Å². The smallest absolute Gasteiger partial charge is 0.481 e. The molecule has 0 spiro atoms. The van der Waals surface area contributed by atoms with Gasteiger partial charge in [0.15, 0.2) is 0 Å². The first-order chi connectivity index (χ1) is 7.67. The van der Waals surface area contributed by atoms with Crippen LogP contribution in [0.4, 0.5) is 0 Å². The third-order valence-corrected chi connectivity index (χ3v) is 4.84. The molecule has 0 aliphatic carbocycles. The van der Waals surface area contributed by atoms with Crippen molar-refractivity contribution in [3.63, 3.8) is 0 Å². The summed E-state index contributed by atoms with van der Waals surface area (Å²) in [7, 11) is -3.15. The van der Waals surface area contributed by atoms with Gasteiger partial charge in [0, 0.05) is 18.3 Å². The van der Waals surface area contributed by atoms with Crippen LogP contribution in [0.3, 0.4) is 0 Å². The van der Waals surface area contributed by atoms with Crippen molar-refractivity contribution in [2.45, 2.75) is 65.9 Å². The number of carboxylic acids is 1. The van der Waals surface area contributed by atoms with E-state index in [0.29, 0.717) is 0 Å². The Morgan fingerprint density at radius 1 is 0.941 bits per heavy atom. The molecule has 0 rings (SSSR count). The fraction of sp³-hybridized carbons (Fsp3) is 0.909. The Balaban J connectivity index is 4.96. The molecule has 0 unspecified atom stereocenters. The molecule has 17 heavy (non-hydrogen) atoms. The van der Waals surface area contributed by atoms with Crippen molar-refractivity contribution >= 4 is 14.8 Å². The molecule has 6 heteroatoms. The standard InChI is InChI=1S/C11H24O5Si/c1-8(2)14-17(7-11(12)13,15-9(3)4)16-10(5)6/h8-10H,7H2,1-6H3,(H,12,13). The van der Waals surface area contributed by atoms with Crippen LogP contribution in [0.5, 0.6) is 0 Å². The lowest BCUT2D eigenvalue weighted by molar-refractivity contribution is -0.136. The van der Waals surface area contributed by atoms with Crippen LogP contribution in [0.15, 0.2) is 0 Å². The molecule has 0 fully saturated rings. The van der Waals surface area contributed by atoms with Crippen molar-refractivity contribution in [1.82, 2.24) is 0 Å². The summed E-state index contributed by atoms with van der Waals surface area (Å²) in [5.41, 5.74) is 0. The molecule has 0 saturated carbocycles. The first-order valence-corrected chi connectivity index (χ1v) is 7.85. The van der Waals surface area contributed by atoms with Crippen molar-refractivity contribution in [2.24, 2.45) is 0 Å². The maximum Gasteiger partial charge on any atom is 0.513 e. The van der Waals surface area contributed by atoms with Gasteiger partial charge in [0.1, 0.15) is 6.04 Å². The van der Waals surface area contributed by atoms with Crippen LogP contribution in [0, 0.1) is 0 Å². The fourth-order valence-corrected chi connectivity index (χ4v) is 4.41. The van der Waals surface area contributed by atoms with Gasteiger partial charge in [-0.1, -0.05) is 0 Å². The molecule has 0 atom stereocenters. The topological polar surface area (TPSA) is 65.0 Å².